The van der Waals surface area contributed by atoms with Crippen molar-refractivity contribution in [3.05, 3.63) is 0 Å². The highest BCUT2D eigenvalue weighted by Gasteiger charge is 2.38. The van der Waals surface area contributed by atoms with Crippen molar-refractivity contribution in [1.82, 2.24) is 0 Å². The summed E-state index contributed by atoms with van der Waals surface area (Å²) in [7, 11) is 0. The molecule has 0 radical (unpaired) electrons. The number of carboxylic acids is 1. The molecule has 0 heterocycles. The Balaban J connectivity index is 3.84. The Labute approximate surface area is 178 Å². The quantitative estimate of drug-likeness (QED) is 0.187. The minimum atomic E-state index is -1.52. The average Bonchev–Trinajstić information content (AvgIpc) is 2.71. The number of aliphatic hydroxyl groups is 3. The smallest absolute Gasteiger partial charge is 0.306 e. The standard InChI is InChI=1S/C24H48O5/c1-3-5-6-7-8-9-10-11-12-13-14-15-16-17-18-24(29,22(26)20-25)19-21(4-2)23(27)28/h21-22,25-26,29H,3-20H2,1-2H3,(H,27,28). The molecular formula is C24H48O5. The molecule has 0 aliphatic heterocycles. The van der Waals surface area contributed by atoms with E-state index < -0.39 is 30.2 Å². The lowest BCUT2D eigenvalue weighted by Gasteiger charge is -2.34. The molecule has 0 fully saturated rings. The van der Waals surface area contributed by atoms with Crippen molar-refractivity contribution >= 4 is 5.97 Å². The Kier molecular flexibility index (Phi) is 17.7. The monoisotopic (exact) mass is 416 g/mol. The first-order valence-electron chi connectivity index (χ1n) is 12.1. The van der Waals surface area contributed by atoms with Crippen LogP contribution in [-0.2, 0) is 4.79 Å². The van der Waals surface area contributed by atoms with E-state index >= 15 is 0 Å². The fraction of sp³-hybridized carbons (Fsp3) is 0.958. The Morgan fingerprint density at radius 1 is 0.793 bits per heavy atom. The van der Waals surface area contributed by atoms with E-state index in [1.54, 1.807) is 6.92 Å². The lowest BCUT2D eigenvalue weighted by atomic mass is 9.81. The van der Waals surface area contributed by atoms with E-state index in [2.05, 4.69) is 6.92 Å². The normalized spacial score (nSPS) is 15.8. The predicted octanol–water partition coefficient (Wildman–Crippen LogP) is 5.44. The summed E-state index contributed by atoms with van der Waals surface area (Å²) in [5.74, 6) is -1.66. The third kappa shape index (κ3) is 14.1. The number of rotatable bonds is 21. The number of aliphatic carboxylic acids is 1. The van der Waals surface area contributed by atoms with E-state index in [1.807, 2.05) is 0 Å². The van der Waals surface area contributed by atoms with Crippen molar-refractivity contribution in [3.63, 3.8) is 0 Å². The van der Waals surface area contributed by atoms with Crippen LogP contribution in [0.5, 0.6) is 0 Å². The highest BCUT2D eigenvalue weighted by atomic mass is 16.4. The van der Waals surface area contributed by atoms with E-state index in [4.69, 9.17) is 0 Å². The van der Waals surface area contributed by atoms with Crippen molar-refractivity contribution in [3.8, 4) is 0 Å². The van der Waals surface area contributed by atoms with Gasteiger partial charge in [0.05, 0.1) is 18.1 Å². The Hall–Kier alpha value is -0.650. The van der Waals surface area contributed by atoms with Gasteiger partial charge >= 0.3 is 5.97 Å². The molecule has 4 N–H and O–H groups in total. The third-order valence-corrected chi connectivity index (χ3v) is 6.20. The van der Waals surface area contributed by atoms with Crippen molar-refractivity contribution in [2.24, 2.45) is 5.92 Å². The largest absolute Gasteiger partial charge is 0.481 e. The molecule has 0 aromatic rings. The summed E-state index contributed by atoms with van der Waals surface area (Å²) >= 11 is 0. The summed E-state index contributed by atoms with van der Waals surface area (Å²) in [4.78, 5) is 11.3. The molecule has 0 amide bonds. The van der Waals surface area contributed by atoms with Crippen LogP contribution in [0.25, 0.3) is 0 Å². The summed E-state index contributed by atoms with van der Waals surface area (Å²) in [6, 6.07) is 0. The first kappa shape index (κ1) is 28.4. The SMILES string of the molecule is CCCCCCCCCCCCCCCCC(O)(CC(CC)C(=O)O)C(O)CO. The summed E-state index contributed by atoms with van der Waals surface area (Å²) in [5.41, 5.74) is -1.52. The molecule has 174 valence electrons. The highest BCUT2D eigenvalue weighted by Crippen LogP contribution is 2.29. The number of unbranched alkanes of at least 4 members (excludes halogenated alkanes) is 13. The van der Waals surface area contributed by atoms with Gasteiger partial charge in [0.15, 0.2) is 0 Å². The van der Waals surface area contributed by atoms with E-state index in [0.29, 0.717) is 12.8 Å². The first-order chi connectivity index (χ1) is 13.9. The van der Waals surface area contributed by atoms with Gasteiger partial charge < -0.3 is 20.4 Å². The van der Waals surface area contributed by atoms with Crippen LogP contribution in [0.4, 0.5) is 0 Å². The van der Waals surface area contributed by atoms with Gasteiger partial charge in [-0.15, -0.1) is 0 Å². The maximum atomic E-state index is 11.3. The lowest BCUT2D eigenvalue weighted by molar-refractivity contribution is -0.150. The second-order valence-electron chi connectivity index (χ2n) is 8.80. The van der Waals surface area contributed by atoms with Crippen LogP contribution in [-0.4, -0.2) is 44.7 Å². The van der Waals surface area contributed by atoms with Gasteiger partial charge in [0, 0.05) is 0 Å². The van der Waals surface area contributed by atoms with Crippen LogP contribution in [0.3, 0.4) is 0 Å². The predicted molar refractivity (Wildman–Crippen MR) is 119 cm³/mol. The average molecular weight is 417 g/mol. The van der Waals surface area contributed by atoms with Gasteiger partial charge in [-0.1, -0.05) is 104 Å². The minimum Gasteiger partial charge on any atom is -0.481 e. The molecule has 29 heavy (non-hydrogen) atoms. The number of hydrogen-bond acceptors (Lipinski definition) is 4. The minimum absolute atomic E-state index is 0.0149. The molecule has 0 aromatic heterocycles. The van der Waals surface area contributed by atoms with Gasteiger partial charge in [0.25, 0.3) is 0 Å². The molecule has 0 aliphatic carbocycles. The Morgan fingerprint density at radius 2 is 1.21 bits per heavy atom. The molecule has 3 unspecified atom stereocenters. The molecular weight excluding hydrogens is 368 g/mol. The molecule has 0 aromatic carbocycles. The van der Waals surface area contributed by atoms with Crippen molar-refractivity contribution < 1.29 is 25.2 Å². The zero-order chi connectivity index (χ0) is 22.0. The number of carboxylic acid groups (broad SMARTS) is 1. The molecule has 0 aliphatic rings. The second-order valence-corrected chi connectivity index (χ2v) is 8.80. The van der Waals surface area contributed by atoms with Gasteiger partial charge in [0.1, 0.15) is 6.10 Å². The topological polar surface area (TPSA) is 98.0 Å². The Morgan fingerprint density at radius 3 is 1.55 bits per heavy atom. The highest BCUT2D eigenvalue weighted by molar-refractivity contribution is 5.70. The van der Waals surface area contributed by atoms with Gasteiger partial charge in [-0.25, -0.2) is 0 Å². The van der Waals surface area contributed by atoms with E-state index in [1.165, 1.54) is 70.6 Å². The molecule has 5 heteroatoms. The fourth-order valence-electron chi connectivity index (χ4n) is 4.03. The number of hydrogen-bond donors (Lipinski definition) is 4. The summed E-state index contributed by atoms with van der Waals surface area (Å²) < 4.78 is 0. The van der Waals surface area contributed by atoms with Crippen molar-refractivity contribution in [2.45, 2.75) is 135 Å². The van der Waals surface area contributed by atoms with Gasteiger partial charge in [-0.2, -0.15) is 0 Å². The van der Waals surface area contributed by atoms with Crippen LogP contribution < -0.4 is 0 Å². The van der Waals surface area contributed by atoms with E-state index in [9.17, 15) is 25.2 Å². The molecule has 3 atom stereocenters. The van der Waals surface area contributed by atoms with E-state index in [-0.39, 0.29) is 6.42 Å². The van der Waals surface area contributed by atoms with Crippen molar-refractivity contribution in [1.29, 1.82) is 0 Å². The van der Waals surface area contributed by atoms with Crippen LogP contribution in [0.15, 0.2) is 0 Å². The summed E-state index contributed by atoms with van der Waals surface area (Å²) in [6.45, 7) is 3.46. The van der Waals surface area contributed by atoms with Crippen LogP contribution in [0.2, 0.25) is 0 Å². The number of aliphatic hydroxyl groups excluding tert-OH is 2. The molecule has 0 saturated heterocycles. The van der Waals surface area contributed by atoms with Gasteiger partial charge in [-0.3, -0.25) is 4.79 Å². The van der Waals surface area contributed by atoms with Crippen LogP contribution >= 0.6 is 0 Å². The molecule has 0 saturated carbocycles. The van der Waals surface area contributed by atoms with Crippen molar-refractivity contribution in [2.75, 3.05) is 6.61 Å². The molecule has 0 rings (SSSR count). The first-order valence-corrected chi connectivity index (χ1v) is 12.1. The van der Waals surface area contributed by atoms with Gasteiger partial charge in [-0.05, 0) is 19.3 Å². The third-order valence-electron chi connectivity index (χ3n) is 6.20. The van der Waals surface area contributed by atoms with Crippen LogP contribution in [0, 0.1) is 5.92 Å². The number of carbonyl (C=O) groups is 1. The second kappa shape index (κ2) is 18.1. The van der Waals surface area contributed by atoms with Crippen LogP contribution in [0.1, 0.15) is 123 Å². The zero-order valence-electron chi connectivity index (χ0n) is 19.1. The maximum Gasteiger partial charge on any atom is 0.306 e. The lowest BCUT2D eigenvalue weighted by Crippen LogP contribution is -2.46. The molecule has 5 nitrogen and oxygen atoms in total. The van der Waals surface area contributed by atoms with E-state index in [0.717, 1.165) is 19.3 Å². The summed E-state index contributed by atoms with van der Waals surface area (Å²) in [6.07, 6.45) is 16.8. The fourth-order valence-corrected chi connectivity index (χ4v) is 4.03. The van der Waals surface area contributed by atoms with Gasteiger partial charge in [0.2, 0.25) is 0 Å². The summed E-state index contributed by atoms with van der Waals surface area (Å²) in [5, 5.41) is 39.2. The Bertz CT molecular complexity index is 387. The maximum absolute atomic E-state index is 11.3. The molecule has 0 spiro atoms. The zero-order valence-corrected chi connectivity index (χ0v) is 19.1. The molecule has 0 bridgehead atoms.